The molecule has 0 bridgehead atoms. The fraction of sp³-hybridized carbons (Fsp3) is 0.333. The summed E-state index contributed by atoms with van der Waals surface area (Å²) in [4.78, 5) is 0. The second-order valence-corrected chi connectivity index (χ2v) is 6.48. The zero-order valence-electron chi connectivity index (χ0n) is 8.64. The lowest BCUT2D eigenvalue weighted by atomic mass is 10.0. The summed E-state index contributed by atoms with van der Waals surface area (Å²) in [6.07, 6.45) is 8.18. The largest absolute Gasteiger partial charge is 0.377 e. The fourth-order valence-electron chi connectivity index (χ4n) is 1.80. The molecule has 0 saturated carbocycles. The molecule has 16 heavy (non-hydrogen) atoms. The summed E-state index contributed by atoms with van der Waals surface area (Å²) in [7, 11) is 0. The molecule has 0 heterocycles. The second kappa shape index (κ2) is 5.69. The monoisotopic (exact) mass is 407 g/mol. The second-order valence-electron chi connectivity index (χ2n) is 3.85. The Labute approximate surface area is 121 Å². The van der Waals surface area contributed by atoms with E-state index in [4.69, 9.17) is 0 Å². The van der Waals surface area contributed by atoms with E-state index in [1.54, 1.807) is 0 Å². The number of anilines is 1. The highest BCUT2D eigenvalue weighted by Crippen LogP contribution is 2.35. The number of rotatable bonds is 2. The highest BCUT2D eigenvalue weighted by Gasteiger charge is 2.12. The van der Waals surface area contributed by atoms with E-state index in [0.717, 1.165) is 19.1 Å². The van der Waals surface area contributed by atoms with Crippen LogP contribution in [0.3, 0.4) is 0 Å². The van der Waals surface area contributed by atoms with Crippen LogP contribution in [0.1, 0.15) is 19.3 Å². The van der Waals surface area contributed by atoms with Crippen LogP contribution in [0, 0.1) is 0 Å². The molecule has 1 aromatic carbocycles. The summed E-state index contributed by atoms with van der Waals surface area (Å²) in [6.45, 7) is 0. The van der Waals surface area contributed by atoms with E-state index in [1.807, 2.05) is 0 Å². The Morgan fingerprint density at radius 1 is 1.12 bits per heavy atom. The molecule has 1 aromatic rings. The van der Waals surface area contributed by atoms with Crippen molar-refractivity contribution in [3.63, 3.8) is 0 Å². The van der Waals surface area contributed by atoms with E-state index in [1.165, 1.54) is 19.3 Å². The van der Waals surface area contributed by atoms with Gasteiger partial charge in [-0.2, -0.15) is 0 Å². The number of hydrogen-bond acceptors (Lipinski definition) is 1. The van der Waals surface area contributed by atoms with Crippen LogP contribution < -0.4 is 5.32 Å². The summed E-state index contributed by atoms with van der Waals surface area (Å²) in [5.74, 6) is 0. The van der Waals surface area contributed by atoms with Gasteiger partial charge in [-0.3, -0.25) is 0 Å². The van der Waals surface area contributed by atoms with Gasteiger partial charge in [-0.1, -0.05) is 28.1 Å². The first-order chi connectivity index (χ1) is 7.66. The van der Waals surface area contributed by atoms with Gasteiger partial charge < -0.3 is 5.32 Å². The minimum absolute atomic E-state index is 0.447. The molecule has 2 rings (SSSR count). The van der Waals surface area contributed by atoms with Gasteiger partial charge in [0.15, 0.2) is 0 Å². The lowest BCUT2D eigenvalue weighted by Gasteiger charge is -2.21. The van der Waals surface area contributed by atoms with E-state index in [2.05, 4.69) is 77.4 Å². The van der Waals surface area contributed by atoms with Crippen LogP contribution in [0.5, 0.6) is 0 Å². The first-order valence-corrected chi connectivity index (χ1v) is 7.62. The van der Waals surface area contributed by atoms with Crippen molar-refractivity contribution in [2.45, 2.75) is 25.3 Å². The molecule has 4 heteroatoms. The first-order valence-electron chi connectivity index (χ1n) is 5.24. The molecule has 0 spiro atoms. The molecular weight excluding hydrogens is 398 g/mol. The lowest BCUT2D eigenvalue weighted by molar-refractivity contribution is 0.673. The van der Waals surface area contributed by atoms with Gasteiger partial charge in [0.05, 0.1) is 5.69 Å². The Bertz CT molecular complexity index is 392. The Morgan fingerprint density at radius 2 is 1.81 bits per heavy atom. The molecule has 1 N–H and O–H groups in total. The number of nitrogens with one attached hydrogen (secondary N) is 1. The zero-order valence-corrected chi connectivity index (χ0v) is 13.4. The van der Waals surface area contributed by atoms with Gasteiger partial charge in [0.2, 0.25) is 0 Å². The van der Waals surface area contributed by atoms with Gasteiger partial charge in [-0.05, 0) is 63.3 Å². The highest BCUT2D eigenvalue weighted by molar-refractivity contribution is 9.11. The molecule has 86 valence electrons. The Hall–Kier alpha value is 0.200. The Morgan fingerprint density at radius 3 is 2.38 bits per heavy atom. The summed E-state index contributed by atoms with van der Waals surface area (Å²) >= 11 is 10.6. The maximum atomic E-state index is 3.58. The van der Waals surface area contributed by atoms with Crippen molar-refractivity contribution in [1.29, 1.82) is 0 Å². The van der Waals surface area contributed by atoms with E-state index in [9.17, 15) is 0 Å². The molecule has 0 amide bonds. The van der Waals surface area contributed by atoms with Crippen molar-refractivity contribution >= 4 is 53.5 Å². The van der Waals surface area contributed by atoms with Crippen LogP contribution in [0.2, 0.25) is 0 Å². The van der Waals surface area contributed by atoms with Crippen molar-refractivity contribution in [1.82, 2.24) is 0 Å². The maximum Gasteiger partial charge on any atom is 0.0634 e. The van der Waals surface area contributed by atoms with E-state index >= 15 is 0 Å². The third-order valence-corrected chi connectivity index (χ3v) is 4.30. The summed E-state index contributed by atoms with van der Waals surface area (Å²) in [6, 6.07) is 4.56. The van der Waals surface area contributed by atoms with E-state index in [-0.39, 0.29) is 0 Å². The topological polar surface area (TPSA) is 12.0 Å². The van der Waals surface area contributed by atoms with Crippen molar-refractivity contribution in [2.75, 3.05) is 5.32 Å². The molecule has 1 unspecified atom stereocenters. The molecule has 1 nitrogen and oxygen atoms in total. The third-order valence-electron chi connectivity index (χ3n) is 2.59. The number of hydrogen-bond donors (Lipinski definition) is 1. The maximum absolute atomic E-state index is 3.58. The minimum Gasteiger partial charge on any atom is -0.377 e. The molecule has 0 aromatic heterocycles. The van der Waals surface area contributed by atoms with Crippen LogP contribution in [0.15, 0.2) is 37.7 Å². The van der Waals surface area contributed by atoms with Gasteiger partial charge >= 0.3 is 0 Å². The average molecular weight is 410 g/mol. The van der Waals surface area contributed by atoms with Crippen LogP contribution in [0.25, 0.3) is 0 Å². The highest BCUT2D eigenvalue weighted by atomic mass is 79.9. The molecule has 1 aliphatic rings. The number of halogens is 3. The number of benzene rings is 1. The summed E-state index contributed by atoms with van der Waals surface area (Å²) in [5, 5.41) is 3.54. The standard InChI is InChI=1S/C12H12Br3N/c13-8-6-10(14)12(11(15)7-8)16-9-4-2-1-3-5-9/h2,4,6-7,9,16H,1,3,5H2. The number of allylic oxidation sites excluding steroid dienone is 1. The lowest BCUT2D eigenvalue weighted by Crippen LogP contribution is -2.19. The predicted molar refractivity (Wildman–Crippen MR) is 79.9 cm³/mol. The normalized spacial score (nSPS) is 19.8. The predicted octanol–water partition coefficient (Wildman–Crippen LogP) is 5.49. The molecule has 1 atom stereocenters. The Balaban J connectivity index is 2.20. The van der Waals surface area contributed by atoms with Crippen molar-refractivity contribution < 1.29 is 0 Å². The van der Waals surface area contributed by atoms with Crippen LogP contribution in [-0.4, -0.2) is 6.04 Å². The summed E-state index contributed by atoms with van der Waals surface area (Å²) < 4.78 is 3.22. The van der Waals surface area contributed by atoms with Gasteiger partial charge in [-0.15, -0.1) is 0 Å². The molecule has 0 fully saturated rings. The fourth-order valence-corrected chi connectivity index (χ4v) is 4.29. The van der Waals surface area contributed by atoms with Crippen LogP contribution in [-0.2, 0) is 0 Å². The van der Waals surface area contributed by atoms with Crippen molar-refractivity contribution in [3.8, 4) is 0 Å². The van der Waals surface area contributed by atoms with Gasteiger partial charge in [-0.25, -0.2) is 0 Å². The molecule has 0 aliphatic heterocycles. The van der Waals surface area contributed by atoms with Crippen molar-refractivity contribution in [3.05, 3.63) is 37.7 Å². The zero-order chi connectivity index (χ0) is 11.5. The molecular formula is C12H12Br3N. The smallest absolute Gasteiger partial charge is 0.0634 e. The third kappa shape index (κ3) is 3.11. The SMILES string of the molecule is Brc1cc(Br)c(NC2C=CCCC2)c(Br)c1. The minimum atomic E-state index is 0.447. The van der Waals surface area contributed by atoms with Crippen LogP contribution in [0.4, 0.5) is 5.69 Å². The molecule has 0 radical (unpaired) electrons. The van der Waals surface area contributed by atoms with Crippen LogP contribution >= 0.6 is 47.8 Å². The van der Waals surface area contributed by atoms with E-state index in [0.29, 0.717) is 6.04 Å². The quantitative estimate of drug-likeness (QED) is 0.636. The summed E-state index contributed by atoms with van der Waals surface area (Å²) in [5.41, 5.74) is 1.12. The van der Waals surface area contributed by atoms with E-state index < -0.39 is 0 Å². The van der Waals surface area contributed by atoms with Gasteiger partial charge in [0.25, 0.3) is 0 Å². The van der Waals surface area contributed by atoms with Crippen molar-refractivity contribution in [2.24, 2.45) is 0 Å². The first kappa shape index (κ1) is 12.7. The average Bonchev–Trinajstić information content (AvgIpc) is 2.25. The molecule has 1 aliphatic carbocycles. The Kier molecular flexibility index (Phi) is 4.50. The van der Waals surface area contributed by atoms with Gasteiger partial charge in [0.1, 0.15) is 0 Å². The van der Waals surface area contributed by atoms with Gasteiger partial charge in [0, 0.05) is 19.5 Å². The molecule has 0 saturated heterocycles.